The highest BCUT2D eigenvalue weighted by molar-refractivity contribution is 7.19. The summed E-state index contributed by atoms with van der Waals surface area (Å²) in [6.45, 7) is 37.6. The SMILES string of the molecule is C1COCCN1.Cc1cc(C)cc(-c2[nH]c3sc(C(C)(C)C(=O)N4C5CCC4CC5)cc3c2CCN2CCC(C(C)(C)C(=O)N3CCOCC3)CC2)c1.Cc1cc(C)cc(-c2[nH]c3sc(C(C)(C)C(=O)N4C5CCC4CC5)cc3c2CCN2CCC(C(C)(C)C(=O)O)CC2)c1. The van der Waals surface area contributed by atoms with Gasteiger partial charge in [-0.05, 0) is 256 Å². The molecule has 14 rings (SSSR count). The zero-order valence-corrected chi connectivity index (χ0v) is 61.0. The Bertz CT molecular complexity index is 3640. The molecule has 8 saturated heterocycles. The van der Waals surface area contributed by atoms with Gasteiger partial charge >= 0.3 is 5.97 Å². The Hall–Kier alpha value is -5.40. The Morgan fingerprint density at radius 1 is 0.474 bits per heavy atom. The van der Waals surface area contributed by atoms with E-state index in [0.717, 1.165) is 144 Å². The van der Waals surface area contributed by atoms with Crippen LogP contribution in [-0.2, 0) is 52.3 Å². The van der Waals surface area contributed by atoms with Gasteiger partial charge in [0.05, 0.1) is 54.1 Å². The average Bonchev–Trinajstić information content (AvgIpc) is 1.61. The molecule has 0 radical (unpaired) electrons. The van der Waals surface area contributed by atoms with Gasteiger partial charge in [-0.3, -0.25) is 19.2 Å². The number of thiophene rings is 2. The van der Waals surface area contributed by atoms with E-state index < -0.39 is 22.2 Å². The highest BCUT2D eigenvalue weighted by atomic mass is 32.1. The first-order chi connectivity index (χ1) is 45.3. The van der Waals surface area contributed by atoms with Gasteiger partial charge in [-0.2, -0.15) is 0 Å². The molecular weight excluding hydrogens is 1230 g/mol. The summed E-state index contributed by atoms with van der Waals surface area (Å²) < 4.78 is 10.5. The molecule has 2 aromatic carbocycles. The van der Waals surface area contributed by atoms with Gasteiger partial charge < -0.3 is 54.4 Å². The molecule has 3 amide bonds. The van der Waals surface area contributed by atoms with E-state index in [0.29, 0.717) is 74.1 Å². The Balaban J connectivity index is 0.000000168. The van der Waals surface area contributed by atoms with E-state index in [-0.39, 0.29) is 11.3 Å². The van der Waals surface area contributed by atoms with Gasteiger partial charge in [-0.15, -0.1) is 22.7 Å². The lowest BCUT2D eigenvalue weighted by molar-refractivity contribution is -0.151. The van der Waals surface area contributed by atoms with Gasteiger partial charge in [0.15, 0.2) is 0 Å². The second kappa shape index (κ2) is 28.4. The van der Waals surface area contributed by atoms with Gasteiger partial charge in [0, 0.05) is 89.4 Å². The molecule has 0 saturated carbocycles. The Morgan fingerprint density at radius 3 is 1.17 bits per heavy atom. The maximum absolute atomic E-state index is 14.0. The van der Waals surface area contributed by atoms with Crippen molar-refractivity contribution >= 4 is 66.8 Å². The molecule has 0 aliphatic carbocycles. The number of carboxylic acids is 1. The number of amides is 3. The number of aryl methyl sites for hydroxylation is 4. The van der Waals surface area contributed by atoms with Crippen molar-refractivity contribution in [3.05, 3.63) is 91.7 Å². The number of likely N-dealkylation sites (tertiary alicyclic amines) is 2. The standard InChI is InChI=1S/C39H54N4O3S.C35H47N3O3S.C4H9NO/c1-25-21-26(2)23-27(22-25)34-31(13-16-41-14-11-28(12-15-41)38(3,4)36(44)42-17-19-46-20-18-42)32-24-33(47-35(32)40-34)39(5,6)37(45)43-29-7-8-30(43)10-9-29;1-21-17-22(2)19-23(18-21)30-27(13-16-37-14-11-24(12-15-37)34(3,4)33(40)41)28-20-29(42-31(28)36-30)35(5,6)32(39)38-25-7-8-26(38)10-9-25;1-3-6-4-2-5-1/h21-24,28-30,40H,7-20H2,1-6H3;17-20,24-26,36H,7-16H2,1-6H3,(H,40,41);5H,1-4H2. The number of carboxylic acid groups (broad SMARTS) is 1. The predicted molar refractivity (Wildman–Crippen MR) is 386 cm³/mol. The van der Waals surface area contributed by atoms with E-state index in [9.17, 15) is 24.3 Å². The number of aliphatic carboxylic acids is 1. The summed E-state index contributed by atoms with van der Waals surface area (Å²) >= 11 is 3.52. The smallest absolute Gasteiger partial charge is 0.309 e. The summed E-state index contributed by atoms with van der Waals surface area (Å²) in [5.74, 6) is 0.796. The van der Waals surface area contributed by atoms with Crippen molar-refractivity contribution < 1.29 is 33.8 Å². The summed E-state index contributed by atoms with van der Waals surface area (Å²) in [5.41, 5.74) is 10.5. The van der Waals surface area contributed by atoms with Crippen LogP contribution in [0.25, 0.3) is 42.9 Å². The second-order valence-corrected chi connectivity index (χ2v) is 33.9. The lowest BCUT2D eigenvalue weighted by atomic mass is 9.72. The number of rotatable bonds is 16. The van der Waals surface area contributed by atoms with Crippen LogP contribution in [-0.4, -0.2) is 179 Å². The second-order valence-electron chi connectivity index (χ2n) is 31.8. The number of nitrogens with one attached hydrogen (secondary N) is 3. The quantitative estimate of drug-likeness (QED) is 0.0732. The minimum absolute atomic E-state index is 0.209. The summed E-state index contributed by atoms with van der Waals surface area (Å²) in [6, 6.07) is 20.0. The number of aromatic nitrogens is 2. The van der Waals surface area contributed by atoms with Crippen molar-refractivity contribution in [2.75, 3.05) is 91.9 Å². The van der Waals surface area contributed by atoms with Crippen LogP contribution in [0.2, 0.25) is 0 Å². The number of carbonyl (C=O) groups excluding carboxylic acids is 3. The Kier molecular flexibility index (Phi) is 20.8. The number of ether oxygens (including phenoxy) is 2. The third-order valence-electron chi connectivity index (χ3n) is 23.7. The molecule has 4 N–H and O–H groups in total. The zero-order valence-electron chi connectivity index (χ0n) is 59.3. The number of benzene rings is 2. The maximum atomic E-state index is 14.0. The van der Waals surface area contributed by atoms with Crippen molar-refractivity contribution in [1.29, 1.82) is 0 Å². The van der Waals surface area contributed by atoms with Crippen LogP contribution in [0.3, 0.4) is 0 Å². The molecule has 4 aromatic heterocycles. The van der Waals surface area contributed by atoms with Crippen LogP contribution in [0.1, 0.15) is 176 Å². The van der Waals surface area contributed by atoms with Crippen LogP contribution < -0.4 is 5.32 Å². The molecule has 8 aliphatic heterocycles. The van der Waals surface area contributed by atoms with Crippen LogP contribution in [0.5, 0.6) is 0 Å². The Labute approximate surface area is 573 Å². The normalized spacial score (nSPS) is 22.6. The number of carbonyl (C=O) groups is 4. The van der Waals surface area contributed by atoms with Gasteiger partial charge in [-0.25, -0.2) is 0 Å². The number of aromatic amines is 2. The fourth-order valence-electron chi connectivity index (χ4n) is 17.6. The third kappa shape index (κ3) is 14.4. The van der Waals surface area contributed by atoms with Crippen molar-refractivity contribution in [1.82, 2.24) is 39.8 Å². The van der Waals surface area contributed by atoms with Crippen LogP contribution in [0, 0.1) is 50.4 Å². The van der Waals surface area contributed by atoms with Crippen molar-refractivity contribution in [2.45, 2.75) is 208 Å². The molecule has 4 bridgehead atoms. The van der Waals surface area contributed by atoms with Crippen LogP contribution in [0.4, 0.5) is 0 Å². The van der Waals surface area contributed by atoms with Crippen molar-refractivity contribution in [3.63, 3.8) is 0 Å². The maximum Gasteiger partial charge on any atom is 0.309 e. The van der Waals surface area contributed by atoms with Gasteiger partial charge in [0.2, 0.25) is 17.7 Å². The van der Waals surface area contributed by atoms with E-state index in [2.05, 4.69) is 153 Å². The molecule has 6 aromatic rings. The molecule has 95 heavy (non-hydrogen) atoms. The molecule has 8 fully saturated rings. The zero-order chi connectivity index (χ0) is 67.3. The van der Waals surface area contributed by atoms with E-state index >= 15 is 0 Å². The molecule has 8 aliphatic rings. The number of piperidine rings is 2. The van der Waals surface area contributed by atoms with E-state index in [4.69, 9.17) is 9.47 Å². The van der Waals surface area contributed by atoms with Crippen LogP contribution in [0.15, 0.2) is 48.5 Å². The van der Waals surface area contributed by atoms with Gasteiger partial charge in [-0.1, -0.05) is 48.2 Å². The highest BCUT2D eigenvalue weighted by Gasteiger charge is 2.50. The molecule has 17 heteroatoms. The van der Waals surface area contributed by atoms with Gasteiger partial charge in [0.1, 0.15) is 9.66 Å². The lowest BCUT2D eigenvalue weighted by Crippen LogP contribution is -2.51. The number of hydrogen-bond donors (Lipinski definition) is 4. The molecule has 12 heterocycles. The monoisotopic (exact) mass is 1330 g/mol. The largest absolute Gasteiger partial charge is 0.481 e. The van der Waals surface area contributed by atoms with Crippen molar-refractivity contribution in [3.8, 4) is 22.5 Å². The number of hydrogen-bond acceptors (Lipinski definition) is 11. The number of fused-ring (bicyclic) bond motifs is 6. The summed E-state index contributed by atoms with van der Waals surface area (Å²) in [5, 5.41) is 15.4. The molecule has 0 atom stereocenters. The fraction of sp³-hybridized carbons (Fsp3) is 0.641. The first-order valence-electron chi connectivity index (χ1n) is 36.3. The Morgan fingerprint density at radius 2 is 0.832 bits per heavy atom. The van der Waals surface area contributed by atoms with Gasteiger partial charge in [0.25, 0.3) is 0 Å². The summed E-state index contributed by atoms with van der Waals surface area (Å²) in [6.07, 6.45) is 15.1. The molecule has 516 valence electrons. The van der Waals surface area contributed by atoms with E-state index in [1.807, 2.05) is 18.7 Å². The minimum Gasteiger partial charge on any atom is -0.481 e. The van der Waals surface area contributed by atoms with Crippen molar-refractivity contribution in [2.24, 2.45) is 22.7 Å². The van der Waals surface area contributed by atoms with E-state index in [1.54, 1.807) is 22.7 Å². The topological polar surface area (TPSA) is 167 Å². The number of nitrogens with zero attached hydrogens (tertiary/aromatic N) is 5. The molecule has 0 unspecified atom stereocenters. The predicted octanol–water partition coefficient (Wildman–Crippen LogP) is 14.0. The highest BCUT2D eigenvalue weighted by Crippen LogP contribution is 2.48. The molecular formula is C78H110N8O7S2. The number of morpholine rings is 2. The van der Waals surface area contributed by atoms with E-state index in [1.165, 1.54) is 97.2 Å². The summed E-state index contributed by atoms with van der Waals surface area (Å²) in [4.78, 5) is 77.1. The minimum atomic E-state index is -0.694. The average molecular weight is 1340 g/mol. The van der Waals surface area contributed by atoms with Crippen LogP contribution >= 0.6 is 22.7 Å². The number of H-pyrrole nitrogens is 2. The first-order valence-corrected chi connectivity index (χ1v) is 37.9. The summed E-state index contributed by atoms with van der Waals surface area (Å²) in [7, 11) is 0. The fourth-order valence-corrected chi connectivity index (χ4v) is 20.0. The third-order valence-corrected chi connectivity index (χ3v) is 26.5. The lowest BCUT2D eigenvalue weighted by Gasteiger charge is -2.42. The molecule has 0 spiro atoms. The molecule has 15 nitrogen and oxygen atoms in total. The first kappa shape index (κ1) is 69.5.